The summed E-state index contributed by atoms with van der Waals surface area (Å²) in [5.41, 5.74) is 1.54. The zero-order valence-corrected chi connectivity index (χ0v) is 34.4. The number of nitrogens with one attached hydrogen (secondary N) is 3. The number of benzene rings is 1. The Morgan fingerprint density at radius 1 is 1.03 bits per heavy atom. The summed E-state index contributed by atoms with van der Waals surface area (Å²) in [6, 6.07) is 3.23. The Balaban J connectivity index is 1.14. The molecular formula is C41H48N6O9S2. The molecule has 15 nitrogen and oxygen atoms in total. The Bertz CT molecular complexity index is 2320. The van der Waals surface area contributed by atoms with Crippen molar-refractivity contribution in [2.45, 2.75) is 119 Å². The van der Waals surface area contributed by atoms with E-state index in [1.807, 2.05) is 37.3 Å². The fraction of sp³-hybridized carbons (Fsp3) is 0.537. The van der Waals surface area contributed by atoms with E-state index >= 15 is 0 Å². The van der Waals surface area contributed by atoms with Crippen molar-refractivity contribution in [2.75, 3.05) is 13.7 Å². The molecule has 0 unspecified atom stereocenters. The number of pyridine rings is 1. The number of hydrogen-bond acceptors (Lipinski definition) is 12. The number of thiazole rings is 1. The molecule has 5 aliphatic rings. The van der Waals surface area contributed by atoms with E-state index in [-0.39, 0.29) is 25.8 Å². The third-order valence-corrected chi connectivity index (χ3v) is 14.6. The normalized spacial score (nSPS) is 27.0. The van der Waals surface area contributed by atoms with E-state index in [1.165, 1.54) is 16.2 Å². The van der Waals surface area contributed by atoms with Gasteiger partial charge < -0.3 is 25.0 Å². The molecule has 1 saturated heterocycles. The summed E-state index contributed by atoms with van der Waals surface area (Å²) in [5, 5.41) is 8.30. The maximum Gasteiger partial charge on any atom is 0.287 e. The highest BCUT2D eigenvalue weighted by molar-refractivity contribution is 7.91. The highest BCUT2D eigenvalue weighted by Crippen LogP contribution is 2.47. The van der Waals surface area contributed by atoms with Crippen LogP contribution in [0.4, 0.5) is 0 Å². The molecule has 308 valence electrons. The van der Waals surface area contributed by atoms with Crippen LogP contribution in [0.15, 0.2) is 35.7 Å². The minimum atomic E-state index is -3.92. The predicted octanol–water partition coefficient (Wildman–Crippen LogP) is 3.98. The number of sulfonamides is 1. The van der Waals surface area contributed by atoms with Crippen molar-refractivity contribution in [3.8, 4) is 22.2 Å². The summed E-state index contributed by atoms with van der Waals surface area (Å²) >= 11 is 1.50. The third kappa shape index (κ3) is 8.07. The van der Waals surface area contributed by atoms with Crippen LogP contribution in [0.3, 0.4) is 0 Å². The molecule has 58 heavy (non-hydrogen) atoms. The van der Waals surface area contributed by atoms with Crippen LogP contribution in [0.25, 0.3) is 21.6 Å². The topological polar surface area (TPSA) is 203 Å². The quantitative estimate of drug-likeness (QED) is 0.197. The first-order valence-corrected chi connectivity index (χ1v) is 22.5. The number of rotatable bonds is 10. The SMILES string of the molecule is COc1ccc2c(O[C@@H]3C[C@H]4C(=O)N[C@]5(C(=O)NS(=O)(=O)C6CC6)C[C@H]5/C=C\CCCCC[C@H](NC(=O)C(C)=O)C(=O)N4C3)cc(-c3nc(C4CC4)cs3)nc2c1C. The van der Waals surface area contributed by atoms with E-state index in [0.717, 1.165) is 48.9 Å². The minimum absolute atomic E-state index is 0.0148. The lowest BCUT2D eigenvalue weighted by Crippen LogP contribution is -2.58. The standard InChI is InChI=1S/C41H48N6O9S2/c1-22-33(55-3)16-15-28-34(18-30(42-35(22)28)38-44-31(21-57-38)24-11-12-24)56-26-17-32-37(50)45-41(40(52)46-58(53,54)27-13-14-27)19-25(41)9-7-5-4-6-8-10-29(39(51)47(32)20-26)43-36(49)23(2)48/h7,9,15-16,18,21,24-27,29,32H,4-6,8,10-14,17,19-20H2,1-3H3,(H,43,49)(H,45,50)(H,46,52)/b9-7-/t25-,26-,29+,32+,41-/m1/s1. The van der Waals surface area contributed by atoms with Gasteiger partial charge in [0.25, 0.3) is 11.8 Å². The number of methoxy groups -OCH3 is 1. The second kappa shape index (κ2) is 15.7. The first kappa shape index (κ1) is 39.9. The minimum Gasteiger partial charge on any atom is -0.496 e. The largest absolute Gasteiger partial charge is 0.496 e. The molecule has 2 aliphatic heterocycles. The maximum atomic E-state index is 14.5. The number of carbonyl (C=O) groups excluding carboxylic acids is 5. The molecule has 5 atom stereocenters. The van der Waals surface area contributed by atoms with Crippen molar-refractivity contribution in [3.63, 3.8) is 0 Å². The Hall–Kier alpha value is -4.90. The zero-order chi connectivity index (χ0) is 40.9. The Kier molecular flexibility index (Phi) is 10.8. The fourth-order valence-electron chi connectivity index (χ4n) is 8.06. The van der Waals surface area contributed by atoms with Crippen molar-refractivity contribution in [1.82, 2.24) is 30.2 Å². The Morgan fingerprint density at radius 2 is 1.83 bits per heavy atom. The van der Waals surface area contributed by atoms with Gasteiger partial charge >= 0.3 is 0 Å². The number of nitrogens with zero attached hydrogens (tertiary/aromatic N) is 3. The second-order valence-corrected chi connectivity index (χ2v) is 19.0. The number of aryl methyl sites for hydroxylation is 1. The van der Waals surface area contributed by atoms with E-state index in [4.69, 9.17) is 19.4 Å². The smallest absolute Gasteiger partial charge is 0.287 e. The van der Waals surface area contributed by atoms with Gasteiger partial charge in [-0.05, 0) is 70.4 Å². The molecule has 17 heteroatoms. The Labute approximate surface area is 340 Å². The highest BCUT2D eigenvalue weighted by Gasteiger charge is 2.62. The predicted molar refractivity (Wildman–Crippen MR) is 215 cm³/mol. The van der Waals surface area contributed by atoms with Crippen LogP contribution in [0.5, 0.6) is 11.5 Å². The van der Waals surface area contributed by atoms with Gasteiger partial charge in [-0.25, -0.2) is 18.4 Å². The third-order valence-electron chi connectivity index (χ3n) is 11.9. The van der Waals surface area contributed by atoms with Gasteiger partial charge in [-0.2, -0.15) is 0 Å². The number of fused-ring (bicyclic) bond motifs is 3. The molecule has 0 bridgehead atoms. The summed E-state index contributed by atoms with van der Waals surface area (Å²) in [7, 11) is -2.33. The average molecular weight is 833 g/mol. The van der Waals surface area contributed by atoms with Crippen LogP contribution in [-0.4, -0.2) is 95.3 Å². The van der Waals surface area contributed by atoms with Crippen molar-refractivity contribution in [2.24, 2.45) is 5.92 Å². The lowest BCUT2D eigenvalue weighted by molar-refractivity contribution is -0.144. The Morgan fingerprint density at radius 3 is 2.55 bits per heavy atom. The molecule has 4 heterocycles. The van der Waals surface area contributed by atoms with Crippen LogP contribution >= 0.6 is 11.3 Å². The number of hydrogen-bond donors (Lipinski definition) is 3. The highest BCUT2D eigenvalue weighted by atomic mass is 32.2. The lowest BCUT2D eigenvalue weighted by Gasteiger charge is -2.29. The first-order valence-electron chi connectivity index (χ1n) is 20.1. The summed E-state index contributed by atoms with van der Waals surface area (Å²) in [6.07, 6.45) is 9.30. The summed E-state index contributed by atoms with van der Waals surface area (Å²) in [4.78, 5) is 78.8. The number of carbonyl (C=O) groups is 5. The molecule has 3 N–H and O–H groups in total. The molecule has 8 rings (SSSR count). The van der Waals surface area contributed by atoms with E-state index in [1.54, 1.807) is 7.11 Å². The average Bonchev–Trinajstić information content (AvgIpc) is 4.15. The van der Waals surface area contributed by atoms with Crippen molar-refractivity contribution < 1.29 is 41.9 Å². The van der Waals surface area contributed by atoms with Crippen LogP contribution in [0.2, 0.25) is 0 Å². The second-order valence-electron chi connectivity index (χ2n) is 16.2. The molecule has 3 saturated carbocycles. The van der Waals surface area contributed by atoms with Crippen LogP contribution in [0, 0.1) is 12.8 Å². The van der Waals surface area contributed by atoms with Gasteiger partial charge in [0.05, 0.1) is 30.1 Å². The van der Waals surface area contributed by atoms with Crippen molar-refractivity contribution >= 4 is 61.7 Å². The molecule has 0 radical (unpaired) electrons. The maximum absolute atomic E-state index is 14.5. The summed E-state index contributed by atoms with van der Waals surface area (Å²) < 4.78 is 40.4. The molecule has 1 aromatic carbocycles. The van der Waals surface area contributed by atoms with Crippen molar-refractivity contribution in [1.29, 1.82) is 0 Å². The van der Waals surface area contributed by atoms with E-state index in [0.29, 0.717) is 59.7 Å². The molecule has 4 amide bonds. The van der Waals surface area contributed by atoms with E-state index < -0.39 is 74.3 Å². The zero-order valence-electron chi connectivity index (χ0n) is 32.7. The van der Waals surface area contributed by atoms with Gasteiger partial charge in [-0.15, -0.1) is 11.3 Å². The summed E-state index contributed by atoms with van der Waals surface area (Å²) in [5.74, 6) is -2.58. The van der Waals surface area contributed by atoms with Crippen LogP contribution in [-0.2, 0) is 34.0 Å². The molecule has 2 aromatic heterocycles. The van der Waals surface area contributed by atoms with Gasteiger partial charge in [0.15, 0.2) is 0 Å². The van der Waals surface area contributed by atoms with Gasteiger partial charge in [-0.3, -0.25) is 28.7 Å². The van der Waals surface area contributed by atoms with Gasteiger partial charge in [-0.1, -0.05) is 25.0 Å². The molecule has 4 fully saturated rings. The number of ether oxygens (including phenoxy) is 2. The lowest BCUT2D eigenvalue weighted by atomic mass is 10.0. The van der Waals surface area contributed by atoms with Crippen LogP contribution in [0.1, 0.15) is 94.7 Å². The van der Waals surface area contributed by atoms with E-state index in [2.05, 4.69) is 20.7 Å². The number of aromatic nitrogens is 2. The van der Waals surface area contributed by atoms with Gasteiger partial charge in [0.1, 0.15) is 45.9 Å². The molecule has 3 aromatic rings. The fourth-order valence-corrected chi connectivity index (χ4v) is 10.3. The molecule has 3 aliphatic carbocycles. The van der Waals surface area contributed by atoms with E-state index in [9.17, 15) is 32.4 Å². The number of Topliss-reactive ketones (excluding diaryl/α,β-unsaturated/α-hetero) is 1. The monoisotopic (exact) mass is 832 g/mol. The van der Waals surface area contributed by atoms with Gasteiger partial charge in [0.2, 0.25) is 27.6 Å². The van der Waals surface area contributed by atoms with Crippen LogP contribution < -0.4 is 24.8 Å². The van der Waals surface area contributed by atoms with Gasteiger partial charge in [0, 0.05) is 47.6 Å². The first-order chi connectivity index (χ1) is 27.8. The molecular weight excluding hydrogens is 785 g/mol. The molecule has 0 spiro atoms. The summed E-state index contributed by atoms with van der Waals surface area (Å²) in [6.45, 7) is 2.98. The number of amides is 4. The number of allylic oxidation sites excluding steroid dienone is 1. The number of ketones is 1. The van der Waals surface area contributed by atoms with Crippen molar-refractivity contribution in [3.05, 3.63) is 47.0 Å².